The molecule has 0 saturated carbocycles. The third kappa shape index (κ3) is 5.30. The Morgan fingerprint density at radius 3 is 2.68 bits per heavy atom. The molecule has 1 fully saturated rings. The van der Waals surface area contributed by atoms with Crippen molar-refractivity contribution in [1.82, 2.24) is 4.90 Å². The lowest BCUT2D eigenvalue weighted by atomic mass is 10.2. The van der Waals surface area contributed by atoms with Gasteiger partial charge < -0.3 is 14.2 Å². The molecule has 0 N–H and O–H groups in total. The van der Waals surface area contributed by atoms with Crippen LogP contribution in [0.2, 0.25) is 0 Å². The molecule has 0 radical (unpaired) electrons. The monoisotopic (exact) mass is 467 g/mol. The number of halogens is 1. The molecule has 0 aliphatic carbocycles. The Labute approximate surface area is 175 Å². The second kappa shape index (κ2) is 10.2. The highest BCUT2D eigenvalue weighted by Gasteiger charge is 2.34. The van der Waals surface area contributed by atoms with Gasteiger partial charge in [0.1, 0.15) is 0 Å². The average Bonchev–Trinajstić information content (AvgIpc) is 2.89. The average molecular weight is 468 g/mol. The third-order valence-corrected chi connectivity index (χ3v) is 4.89. The van der Waals surface area contributed by atoms with Crippen LogP contribution >= 0.6 is 27.7 Å². The number of ether oxygens (including phenoxy) is 3. The van der Waals surface area contributed by atoms with E-state index in [1.54, 1.807) is 32.1 Å². The summed E-state index contributed by atoms with van der Waals surface area (Å²) < 4.78 is 16.5. The van der Waals surface area contributed by atoms with E-state index in [9.17, 15) is 14.4 Å². The Kier molecular flexibility index (Phi) is 7.96. The molecule has 0 unspecified atom stereocenters. The van der Waals surface area contributed by atoms with Crippen LogP contribution in [0, 0.1) is 12.3 Å². The molecule has 148 valence electrons. The SMILES string of the molecule is C#CCN1C(=O)S/C(=C/c2cc(Br)c(OCC(=O)OCC)c(OCC)c2)C1=O. The van der Waals surface area contributed by atoms with E-state index < -0.39 is 17.1 Å². The first-order valence-corrected chi connectivity index (χ1v) is 9.95. The number of carbonyl (C=O) groups excluding carboxylic acids is 3. The minimum absolute atomic E-state index is 0.0729. The highest BCUT2D eigenvalue weighted by atomic mass is 79.9. The Morgan fingerprint density at radius 2 is 2.04 bits per heavy atom. The molecule has 1 heterocycles. The van der Waals surface area contributed by atoms with Gasteiger partial charge >= 0.3 is 5.97 Å². The van der Waals surface area contributed by atoms with Crippen LogP contribution in [0.4, 0.5) is 4.79 Å². The zero-order valence-electron chi connectivity index (χ0n) is 15.3. The van der Waals surface area contributed by atoms with E-state index in [-0.39, 0.29) is 24.7 Å². The molecule has 28 heavy (non-hydrogen) atoms. The summed E-state index contributed by atoms with van der Waals surface area (Å²) in [5, 5.41) is -0.410. The Hall–Kier alpha value is -2.44. The van der Waals surface area contributed by atoms with Gasteiger partial charge in [-0.2, -0.15) is 0 Å². The van der Waals surface area contributed by atoms with Crippen molar-refractivity contribution in [3.63, 3.8) is 0 Å². The molecule has 0 spiro atoms. The fourth-order valence-corrected chi connectivity index (χ4v) is 3.70. The van der Waals surface area contributed by atoms with Crippen LogP contribution in [0.1, 0.15) is 19.4 Å². The molecule has 1 saturated heterocycles. The lowest BCUT2D eigenvalue weighted by Crippen LogP contribution is -2.28. The highest BCUT2D eigenvalue weighted by Crippen LogP contribution is 2.39. The summed E-state index contributed by atoms with van der Waals surface area (Å²) in [7, 11) is 0. The molecular formula is C19H18BrNO6S. The van der Waals surface area contributed by atoms with Crippen LogP contribution in [-0.2, 0) is 14.3 Å². The molecule has 2 rings (SSSR count). The zero-order chi connectivity index (χ0) is 20.7. The summed E-state index contributed by atoms with van der Waals surface area (Å²) in [4.78, 5) is 37.0. The summed E-state index contributed by atoms with van der Waals surface area (Å²) in [5.41, 5.74) is 0.616. The number of benzene rings is 1. The number of nitrogens with zero attached hydrogens (tertiary/aromatic N) is 1. The number of hydrogen-bond donors (Lipinski definition) is 0. The minimum atomic E-state index is -0.497. The van der Waals surface area contributed by atoms with E-state index in [1.165, 1.54) is 0 Å². The molecule has 1 aliphatic rings. The summed E-state index contributed by atoms with van der Waals surface area (Å²) >= 11 is 4.21. The number of rotatable bonds is 8. The molecule has 9 heteroatoms. The summed E-state index contributed by atoms with van der Waals surface area (Å²) in [6.07, 6.45) is 6.77. The maximum atomic E-state index is 12.3. The van der Waals surface area contributed by atoms with E-state index in [1.807, 2.05) is 0 Å². The number of imide groups is 1. The molecule has 2 amide bonds. The van der Waals surface area contributed by atoms with Crippen LogP contribution in [0.25, 0.3) is 6.08 Å². The second-order valence-electron chi connectivity index (χ2n) is 5.33. The topological polar surface area (TPSA) is 82.1 Å². The van der Waals surface area contributed by atoms with E-state index >= 15 is 0 Å². The molecular weight excluding hydrogens is 450 g/mol. The van der Waals surface area contributed by atoms with Crippen molar-refractivity contribution in [1.29, 1.82) is 0 Å². The van der Waals surface area contributed by atoms with E-state index in [0.717, 1.165) is 16.7 Å². The first-order valence-electron chi connectivity index (χ1n) is 8.34. The number of hydrogen-bond acceptors (Lipinski definition) is 7. The van der Waals surface area contributed by atoms with Gasteiger partial charge in [-0.1, -0.05) is 5.92 Å². The van der Waals surface area contributed by atoms with Crippen molar-refractivity contribution < 1.29 is 28.6 Å². The van der Waals surface area contributed by atoms with Crippen LogP contribution in [0.3, 0.4) is 0 Å². The maximum absolute atomic E-state index is 12.3. The summed E-state index contributed by atoms with van der Waals surface area (Å²) in [5.74, 6) is 2.08. The largest absolute Gasteiger partial charge is 0.490 e. The van der Waals surface area contributed by atoms with Crippen molar-refractivity contribution in [2.24, 2.45) is 0 Å². The minimum Gasteiger partial charge on any atom is -0.490 e. The summed E-state index contributed by atoms with van der Waals surface area (Å²) in [6.45, 7) is 3.80. The number of terminal acetylenes is 1. The van der Waals surface area contributed by atoms with Gasteiger partial charge in [-0.3, -0.25) is 14.5 Å². The smallest absolute Gasteiger partial charge is 0.344 e. The Balaban J connectivity index is 2.29. The number of esters is 1. The molecule has 1 aromatic carbocycles. The van der Waals surface area contributed by atoms with Crippen molar-refractivity contribution >= 4 is 50.9 Å². The number of amides is 2. The fourth-order valence-electron chi connectivity index (χ4n) is 2.29. The van der Waals surface area contributed by atoms with E-state index in [0.29, 0.717) is 28.1 Å². The Bertz CT molecular complexity index is 861. The van der Waals surface area contributed by atoms with Gasteiger partial charge in [0.05, 0.1) is 29.1 Å². The van der Waals surface area contributed by atoms with Gasteiger partial charge in [0, 0.05) is 0 Å². The predicted octanol–water partition coefficient (Wildman–Crippen LogP) is 3.46. The molecule has 1 aromatic rings. The van der Waals surface area contributed by atoms with Crippen LogP contribution in [-0.4, -0.2) is 48.4 Å². The molecule has 7 nitrogen and oxygen atoms in total. The van der Waals surface area contributed by atoms with Crippen molar-refractivity contribution in [3.05, 3.63) is 27.1 Å². The van der Waals surface area contributed by atoms with Gasteiger partial charge in [-0.25, -0.2) is 4.79 Å². The number of carbonyl (C=O) groups is 3. The van der Waals surface area contributed by atoms with Crippen molar-refractivity contribution in [3.8, 4) is 23.8 Å². The highest BCUT2D eigenvalue weighted by molar-refractivity contribution is 9.10. The van der Waals surface area contributed by atoms with Gasteiger partial charge in [0.15, 0.2) is 18.1 Å². The summed E-state index contributed by atoms with van der Waals surface area (Å²) in [6, 6.07) is 3.35. The van der Waals surface area contributed by atoms with E-state index in [2.05, 4.69) is 21.9 Å². The molecule has 0 bridgehead atoms. The van der Waals surface area contributed by atoms with E-state index in [4.69, 9.17) is 20.6 Å². The maximum Gasteiger partial charge on any atom is 0.344 e. The fraction of sp³-hybridized carbons (Fsp3) is 0.316. The normalized spacial score (nSPS) is 14.9. The van der Waals surface area contributed by atoms with Gasteiger partial charge in [-0.15, -0.1) is 6.42 Å². The van der Waals surface area contributed by atoms with Crippen molar-refractivity contribution in [2.75, 3.05) is 26.4 Å². The molecule has 1 aliphatic heterocycles. The second-order valence-corrected chi connectivity index (χ2v) is 7.18. The van der Waals surface area contributed by atoms with Crippen LogP contribution in [0.15, 0.2) is 21.5 Å². The van der Waals surface area contributed by atoms with Gasteiger partial charge in [0.25, 0.3) is 11.1 Å². The van der Waals surface area contributed by atoms with Crippen molar-refractivity contribution in [2.45, 2.75) is 13.8 Å². The Morgan fingerprint density at radius 1 is 1.29 bits per heavy atom. The first kappa shape index (κ1) is 21.9. The quantitative estimate of drug-likeness (QED) is 0.328. The van der Waals surface area contributed by atoms with Crippen LogP contribution < -0.4 is 9.47 Å². The molecule has 0 aromatic heterocycles. The standard InChI is InChI=1S/C19H18BrNO6S/c1-4-7-21-18(23)15(28-19(21)24)10-12-8-13(20)17(14(9-12)25-5-2)27-11-16(22)26-6-3/h1,8-10H,5-7,11H2,2-3H3/b15-10+. The van der Waals surface area contributed by atoms with Gasteiger partial charge in [-0.05, 0) is 65.3 Å². The predicted molar refractivity (Wildman–Crippen MR) is 109 cm³/mol. The molecule has 0 atom stereocenters. The first-order chi connectivity index (χ1) is 13.4. The number of thioether (sulfide) groups is 1. The zero-order valence-corrected chi connectivity index (χ0v) is 17.7. The van der Waals surface area contributed by atoms with Crippen LogP contribution in [0.5, 0.6) is 11.5 Å². The third-order valence-electron chi connectivity index (χ3n) is 3.39. The lowest BCUT2D eigenvalue weighted by Gasteiger charge is -2.14. The van der Waals surface area contributed by atoms with Gasteiger partial charge in [0.2, 0.25) is 0 Å². The lowest BCUT2D eigenvalue weighted by molar-refractivity contribution is -0.145.